The first kappa shape index (κ1) is 51.2. The van der Waals surface area contributed by atoms with E-state index in [1.165, 1.54) is 238 Å². The Morgan fingerprint density at radius 2 is 0.519 bits per heavy atom. The predicted octanol–water partition coefficient (Wildman–Crippen LogP) is 18.4. The first-order valence-corrected chi connectivity index (χ1v) is 24.5. The number of hydrogen-bond donors (Lipinski definition) is 1. The average molecular weight is 731 g/mol. The second kappa shape index (κ2) is 42.9. The fraction of sp³-hybridized carbons (Fsp3) is 0.940. The number of carboxylic acid groups (broad SMARTS) is 1. The van der Waals surface area contributed by atoms with Crippen molar-refractivity contribution < 1.29 is 9.90 Å². The van der Waals surface area contributed by atoms with Gasteiger partial charge in [0.25, 0.3) is 0 Å². The summed E-state index contributed by atoms with van der Waals surface area (Å²) in [5.41, 5.74) is -0.481. The molecule has 0 bridgehead atoms. The molecule has 0 radical (unpaired) electrons. The fourth-order valence-corrected chi connectivity index (χ4v) is 8.37. The van der Waals surface area contributed by atoms with Crippen LogP contribution >= 0.6 is 0 Å². The molecule has 52 heavy (non-hydrogen) atoms. The second-order valence-electron chi connectivity index (χ2n) is 17.3. The number of aliphatic carboxylic acids is 1. The van der Waals surface area contributed by atoms with Gasteiger partial charge in [-0.15, -0.1) is 0 Å². The molecule has 0 rings (SSSR count). The molecule has 1 unspecified atom stereocenters. The van der Waals surface area contributed by atoms with Gasteiger partial charge in [0.1, 0.15) is 0 Å². The largest absolute Gasteiger partial charge is 0.481 e. The third-order valence-electron chi connectivity index (χ3n) is 12.1. The topological polar surface area (TPSA) is 37.3 Å². The van der Waals surface area contributed by atoms with Gasteiger partial charge >= 0.3 is 5.97 Å². The van der Waals surface area contributed by atoms with E-state index in [1.807, 2.05) is 0 Å². The van der Waals surface area contributed by atoms with Crippen molar-refractivity contribution in [3.63, 3.8) is 0 Å². The van der Waals surface area contributed by atoms with Crippen molar-refractivity contribution in [1.29, 1.82) is 0 Å². The normalized spacial score (nSPS) is 13.0. The molecular weight excluding hydrogens is 633 g/mol. The van der Waals surface area contributed by atoms with Crippen molar-refractivity contribution in [1.82, 2.24) is 0 Å². The lowest BCUT2D eigenvalue weighted by Crippen LogP contribution is -2.31. The number of rotatable bonds is 45. The predicted molar refractivity (Wildman–Crippen MR) is 235 cm³/mol. The molecule has 1 atom stereocenters. The number of carboxylic acids is 1. The van der Waals surface area contributed by atoms with Crippen molar-refractivity contribution in [2.45, 2.75) is 297 Å². The van der Waals surface area contributed by atoms with Gasteiger partial charge in [-0.2, -0.15) is 0 Å². The van der Waals surface area contributed by atoms with Crippen LogP contribution in [-0.2, 0) is 4.79 Å². The maximum atomic E-state index is 12.9. The van der Waals surface area contributed by atoms with Crippen LogP contribution in [0.2, 0.25) is 0 Å². The van der Waals surface area contributed by atoms with Gasteiger partial charge in [0.15, 0.2) is 0 Å². The first-order chi connectivity index (χ1) is 25.6. The van der Waals surface area contributed by atoms with Gasteiger partial charge in [-0.3, -0.25) is 4.79 Å². The Hall–Kier alpha value is -0.790. The fourth-order valence-electron chi connectivity index (χ4n) is 8.37. The van der Waals surface area contributed by atoms with E-state index in [1.54, 1.807) is 0 Å². The van der Waals surface area contributed by atoms with Crippen LogP contribution in [-0.4, -0.2) is 11.1 Å². The summed E-state index contributed by atoms with van der Waals surface area (Å²) >= 11 is 0. The molecule has 0 aromatic carbocycles. The van der Waals surface area contributed by atoms with Crippen LogP contribution in [0.4, 0.5) is 0 Å². The highest BCUT2D eigenvalue weighted by Crippen LogP contribution is 2.38. The number of hydrogen-bond acceptors (Lipinski definition) is 1. The molecule has 1 N–H and O–H groups in total. The van der Waals surface area contributed by atoms with Crippen LogP contribution in [0, 0.1) is 5.41 Å². The molecule has 0 spiro atoms. The smallest absolute Gasteiger partial charge is 0.309 e. The molecule has 0 amide bonds. The summed E-state index contributed by atoms with van der Waals surface area (Å²) in [6.07, 6.45) is 61.0. The molecule has 0 aliphatic heterocycles. The Bertz CT molecular complexity index is 713. The Morgan fingerprint density at radius 3 is 0.731 bits per heavy atom. The van der Waals surface area contributed by atoms with Crippen LogP contribution in [0.15, 0.2) is 12.2 Å². The Morgan fingerprint density at radius 1 is 0.327 bits per heavy atom. The van der Waals surface area contributed by atoms with Crippen molar-refractivity contribution >= 4 is 5.97 Å². The Labute approximate surface area is 329 Å². The molecule has 0 saturated heterocycles. The van der Waals surface area contributed by atoms with E-state index < -0.39 is 11.4 Å². The van der Waals surface area contributed by atoms with Gasteiger partial charge in [0.2, 0.25) is 0 Å². The molecule has 0 aromatic rings. The van der Waals surface area contributed by atoms with Crippen LogP contribution in [0.3, 0.4) is 0 Å². The SMILES string of the molecule is CCCCCCCC/C=C\CCCCCCC(CCCCCCCCCCCCCC)(CCCCCCCCCCCCCCCCCC)C(=O)O. The maximum absolute atomic E-state index is 12.9. The van der Waals surface area contributed by atoms with E-state index in [0.717, 1.165) is 38.5 Å². The van der Waals surface area contributed by atoms with Gasteiger partial charge in [-0.05, 0) is 44.9 Å². The molecule has 0 fully saturated rings. The minimum Gasteiger partial charge on any atom is -0.481 e. The summed E-state index contributed by atoms with van der Waals surface area (Å²) in [7, 11) is 0. The third kappa shape index (κ3) is 36.2. The van der Waals surface area contributed by atoms with E-state index in [2.05, 4.69) is 32.9 Å². The summed E-state index contributed by atoms with van der Waals surface area (Å²) in [6, 6.07) is 0. The average Bonchev–Trinajstić information content (AvgIpc) is 3.14. The molecule has 0 saturated carbocycles. The Balaban J connectivity index is 4.37. The molecular formula is C50H98O2. The Kier molecular flexibility index (Phi) is 42.3. The number of allylic oxidation sites excluding steroid dienone is 2. The van der Waals surface area contributed by atoms with Crippen LogP contribution in [0.5, 0.6) is 0 Å². The van der Waals surface area contributed by atoms with Gasteiger partial charge in [0, 0.05) is 0 Å². The first-order valence-electron chi connectivity index (χ1n) is 24.5. The van der Waals surface area contributed by atoms with Crippen LogP contribution in [0.25, 0.3) is 0 Å². The highest BCUT2D eigenvalue weighted by atomic mass is 16.4. The van der Waals surface area contributed by atoms with Gasteiger partial charge in [-0.1, -0.05) is 264 Å². The van der Waals surface area contributed by atoms with Gasteiger partial charge < -0.3 is 5.11 Å². The van der Waals surface area contributed by atoms with Crippen molar-refractivity contribution in [2.24, 2.45) is 5.41 Å². The van der Waals surface area contributed by atoms with E-state index >= 15 is 0 Å². The molecule has 2 heteroatoms. The highest BCUT2D eigenvalue weighted by molar-refractivity contribution is 5.74. The summed E-state index contributed by atoms with van der Waals surface area (Å²) < 4.78 is 0. The maximum Gasteiger partial charge on any atom is 0.309 e. The lowest BCUT2D eigenvalue weighted by molar-refractivity contribution is -0.150. The number of carbonyl (C=O) groups is 1. The third-order valence-corrected chi connectivity index (χ3v) is 12.1. The van der Waals surface area contributed by atoms with Crippen molar-refractivity contribution in [3.05, 3.63) is 12.2 Å². The van der Waals surface area contributed by atoms with Gasteiger partial charge in [0.05, 0.1) is 5.41 Å². The van der Waals surface area contributed by atoms with Crippen molar-refractivity contribution in [3.8, 4) is 0 Å². The molecule has 2 nitrogen and oxygen atoms in total. The zero-order valence-corrected chi connectivity index (χ0v) is 36.4. The lowest BCUT2D eigenvalue weighted by Gasteiger charge is -2.30. The van der Waals surface area contributed by atoms with Crippen molar-refractivity contribution in [2.75, 3.05) is 0 Å². The minimum atomic E-state index is -0.492. The molecule has 0 aliphatic rings. The number of unbranched alkanes of at least 4 members (excludes halogenated alkanes) is 36. The van der Waals surface area contributed by atoms with E-state index in [4.69, 9.17) is 0 Å². The van der Waals surface area contributed by atoms with E-state index in [-0.39, 0.29) is 0 Å². The summed E-state index contributed by atoms with van der Waals surface area (Å²) in [5, 5.41) is 10.6. The highest BCUT2D eigenvalue weighted by Gasteiger charge is 2.36. The zero-order valence-electron chi connectivity index (χ0n) is 36.4. The molecule has 310 valence electrons. The quantitative estimate of drug-likeness (QED) is 0.0500. The second-order valence-corrected chi connectivity index (χ2v) is 17.3. The lowest BCUT2D eigenvalue weighted by atomic mass is 9.74. The van der Waals surface area contributed by atoms with E-state index in [0.29, 0.717) is 0 Å². The van der Waals surface area contributed by atoms with Crippen LogP contribution < -0.4 is 0 Å². The van der Waals surface area contributed by atoms with E-state index in [9.17, 15) is 9.90 Å². The summed E-state index contributed by atoms with van der Waals surface area (Å²) in [6.45, 7) is 6.88. The van der Waals surface area contributed by atoms with Crippen LogP contribution in [0.1, 0.15) is 297 Å². The minimum absolute atomic E-state index is 0.481. The summed E-state index contributed by atoms with van der Waals surface area (Å²) in [5.74, 6) is -0.492. The van der Waals surface area contributed by atoms with Gasteiger partial charge in [-0.25, -0.2) is 0 Å². The molecule has 0 aromatic heterocycles. The molecule has 0 aliphatic carbocycles. The zero-order chi connectivity index (χ0) is 37.9. The summed E-state index contributed by atoms with van der Waals surface area (Å²) in [4.78, 5) is 12.9. The monoisotopic (exact) mass is 731 g/mol. The molecule has 0 heterocycles. The standard InChI is InChI=1S/C50H98O2/c1-4-7-10-13-16-19-22-25-27-28-30-33-36-39-42-45-48-50(49(51)52,46-43-40-37-34-31-24-21-18-15-12-9-6-3)47-44-41-38-35-32-29-26-23-20-17-14-11-8-5-2/h26,29H,4-25,27-28,30-48H2,1-3H3,(H,51,52)/b29-26-.